The molecule has 0 aliphatic carbocycles. The van der Waals surface area contributed by atoms with Crippen molar-refractivity contribution in [1.82, 2.24) is 0 Å². The van der Waals surface area contributed by atoms with E-state index in [0.717, 1.165) is 32.7 Å². The minimum absolute atomic E-state index is 0.0818. The largest absolute Gasteiger partial charge is 0.373 e. The first-order valence-corrected chi connectivity index (χ1v) is 5.56. The van der Waals surface area contributed by atoms with Gasteiger partial charge in [-0.25, -0.2) is 0 Å². The van der Waals surface area contributed by atoms with E-state index in [1.165, 1.54) is 0 Å². The molecule has 0 aromatic rings. The molecule has 2 aliphatic rings. The number of allylic oxidation sites excluding steroid dienone is 1. The van der Waals surface area contributed by atoms with E-state index in [9.17, 15) is 0 Å². The zero-order chi connectivity index (χ0) is 10.9. The van der Waals surface area contributed by atoms with E-state index < -0.39 is 5.79 Å². The molecule has 0 aromatic heterocycles. The van der Waals surface area contributed by atoms with Crippen LogP contribution in [0.25, 0.3) is 0 Å². The maximum atomic E-state index is 5.74. The standard InChI is InChI=1S/C12H20O3/c1-4-5-12(6-10-7-13-10)8-14-11(2,3)15-9-12/h4,10H,1,5-9H2,2-3H3. The molecule has 3 nitrogen and oxygen atoms in total. The fourth-order valence-corrected chi connectivity index (χ4v) is 2.03. The monoisotopic (exact) mass is 212 g/mol. The molecular weight excluding hydrogens is 192 g/mol. The van der Waals surface area contributed by atoms with Crippen LogP contribution in [-0.4, -0.2) is 31.7 Å². The van der Waals surface area contributed by atoms with Crippen molar-refractivity contribution in [2.75, 3.05) is 19.8 Å². The van der Waals surface area contributed by atoms with Gasteiger partial charge in [-0.2, -0.15) is 0 Å². The van der Waals surface area contributed by atoms with E-state index >= 15 is 0 Å². The highest BCUT2D eigenvalue weighted by Crippen LogP contribution is 2.39. The smallest absolute Gasteiger partial charge is 0.162 e. The van der Waals surface area contributed by atoms with Crippen LogP contribution in [0.1, 0.15) is 26.7 Å². The van der Waals surface area contributed by atoms with Crippen LogP contribution in [0, 0.1) is 5.41 Å². The second-order valence-electron chi connectivity index (χ2n) is 5.13. The van der Waals surface area contributed by atoms with Gasteiger partial charge < -0.3 is 14.2 Å². The van der Waals surface area contributed by atoms with E-state index in [1.54, 1.807) is 0 Å². The summed E-state index contributed by atoms with van der Waals surface area (Å²) in [5.74, 6) is -0.435. The Bertz CT molecular complexity index is 233. The van der Waals surface area contributed by atoms with E-state index in [0.29, 0.717) is 6.10 Å². The Hall–Kier alpha value is -0.380. The molecule has 0 saturated carbocycles. The van der Waals surface area contributed by atoms with Crippen LogP contribution in [-0.2, 0) is 14.2 Å². The zero-order valence-electron chi connectivity index (χ0n) is 9.62. The number of rotatable bonds is 4. The van der Waals surface area contributed by atoms with Crippen molar-refractivity contribution < 1.29 is 14.2 Å². The van der Waals surface area contributed by atoms with Crippen molar-refractivity contribution in [3.05, 3.63) is 12.7 Å². The third-order valence-electron chi connectivity index (χ3n) is 3.09. The molecule has 0 bridgehead atoms. The molecular formula is C12H20O3. The highest BCUT2D eigenvalue weighted by atomic mass is 16.7. The van der Waals surface area contributed by atoms with Crippen molar-refractivity contribution in [2.45, 2.75) is 38.6 Å². The van der Waals surface area contributed by atoms with E-state index in [-0.39, 0.29) is 5.41 Å². The number of ether oxygens (including phenoxy) is 3. The maximum absolute atomic E-state index is 5.74. The Balaban J connectivity index is 1.97. The lowest BCUT2D eigenvalue weighted by atomic mass is 9.80. The second kappa shape index (κ2) is 3.89. The number of epoxide rings is 1. The normalized spacial score (nSPS) is 32.3. The molecule has 0 N–H and O–H groups in total. The minimum Gasteiger partial charge on any atom is -0.373 e. The molecule has 1 unspecified atom stereocenters. The predicted molar refractivity (Wildman–Crippen MR) is 57.6 cm³/mol. The van der Waals surface area contributed by atoms with Crippen molar-refractivity contribution >= 4 is 0 Å². The summed E-state index contributed by atoms with van der Waals surface area (Å²) < 4.78 is 16.8. The van der Waals surface area contributed by atoms with E-state index in [2.05, 4.69) is 6.58 Å². The number of hydrogen-bond acceptors (Lipinski definition) is 3. The van der Waals surface area contributed by atoms with Crippen LogP contribution < -0.4 is 0 Å². The van der Waals surface area contributed by atoms with Crippen LogP contribution in [0.2, 0.25) is 0 Å². The summed E-state index contributed by atoms with van der Waals surface area (Å²) in [4.78, 5) is 0. The lowest BCUT2D eigenvalue weighted by Crippen LogP contribution is -2.47. The molecule has 2 fully saturated rings. The summed E-state index contributed by atoms with van der Waals surface area (Å²) >= 11 is 0. The molecule has 0 radical (unpaired) electrons. The van der Waals surface area contributed by atoms with Crippen LogP contribution >= 0.6 is 0 Å². The highest BCUT2D eigenvalue weighted by molar-refractivity contribution is 4.93. The molecule has 0 amide bonds. The average Bonchev–Trinajstić information content (AvgIpc) is 2.95. The van der Waals surface area contributed by atoms with Gasteiger partial charge in [-0.1, -0.05) is 6.08 Å². The maximum Gasteiger partial charge on any atom is 0.162 e. The zero-order valence-corrected chi connectivity index (χ0v) is 9.62. The van der Waals surface area contributed by atoms with Crippen LogP contribution in [0.3, 0.4) is 0 Å². The summed E-state index contributed by atoms with van der Waals surface area (Å²) in [7, 11) is 0. The van der Waals surface area contributed by atoms with Gasteiger partial charge in [0.15, 0.2) is 5.79 Å². The van der Waals surface area contributed by atoms with Crippen LogP contribution in [0.4, 0.5) is 0 Å². The molecule has 0 aromatic carbocycles. The lowest BCUT2D eigenvalue weighted by Gasteiger charge is -2.43. The Morgan fingerprint density at radius 1 is 1.33 bits per heavy atom. The fraction of sp³-hybridized carbons (Fsp3) is 0.833. The van der Waals surface area contributed by atoms with Gasteiger partial charge in [-0.15, -0.1) is 6.58 Å². The molecule has 2 saturated heterocycles. The van der Waals surface area contributed by atoms with Crippen molar-refractivity contribution in [1.29, 1.82) is 0 Å². The quantitative estimate of drug-likeness (QED) is 0.528. The van der Waals surface area contributed by atoms with Crippen molar-refractivity contribution in [3.63, 3.8) is 0 Å². The highest BCUT2D eigenvalue weighted by Gasteiger charge is 2.43. The second-order valence-corrected chi connectivity index (χ2v) is 5.13. The topological polar surface area (TPSA) is 31.0 Å². The first-order chi connectivity index (χ1) is 7.05. The summed E-state index contributed by atoms with van der Waals surface area (Å²) in [5.41, 5.74) is 0.0818. The van der Waals surface area contributed by atoms with Gasteiger partial charge in [-0.3, -0.25) is 0 Å². The van der Waals surface area contributed by atoms with E-state index in [4.69, 9.17) is 14.2 Å². The molecule has 2 heterocycles. The van der Waals surface area contributed by atoms with Crippen LogP contribution in [0.5, 0.6) is 0 Å². The third-order valence-corrected chi connectivity index (χ3v) is 3.09. The number of hydrogen-bond donors (Lipinski definition) is 0. The molecule has 2 rings (SSSR count). The fourth-order valence-electron chi connectivity index (χ4n) is 2.03. The Labute approximate surface area is 91.4 Å². The molecule has 1 atom stereocenters. The molecule has 15 heavy (non-hydrogen) atoms. The third kappa shape index (κ3) is 2.80. The van der Waals surface area contributed by atoms with Gasteiger partial charge in [0.05, 0.1) is 25.9 Å². The summed E-state index contributed by atoms with van der Waals surface area (Å²) in [6, 6.07) is 0. The molecule has 0 spiro atoms. The van der Waals surface area contributed by atoms with Crippen molar-refractivity contribution in [2.24, 2.45) is 5.41 Å². The first kappa shape index (κ1) is 11.1. The first-order valence-electron chi connectivity index (χ1n) is 5.56. The molecule has 2 aliphatic heterocycles. The minimum atomic E-state index is -0.435. The average molecular weight is 212 g/mol. The SMILES string of the molecule is C=CCC1(CC2CO2)COC(C)(C)OC1. The van der Waals surface area contributed by atoms with E-state index in [1.807, 2.05) is 19.9 Å². The van der Waals surface area contributed by atoms with Crippen molar-refractivity contribution in [3.8, 4) is 0 Å². The Morgan fingerprint density at radius 2 is 1.93 bits per heavy atom. The molecule has 86 valence electrons. The van der Waals surface area contributed by atoms with Gasteiger partial charge in [0.1, 0.15) is 0 Å². The Kier molecular flexibility index (Phi) is 2.88. The lowest BCUT2D eigenvalue weighted by molar-refractivity contribution is -0.286. The predicted octanol–water partition coefficient (Wildman–Crippen LogP) is 2.12. The van der Waals surface area contributed by atoms with Gasteiger partial charge in [0.25, 0.3) is 0 Å². The van der Waals surface area contributed by atoms with Gasteiger partial charge in [0, 0.05) is 5.41 Å². The summed E-state index contributed by atoms with van der Waals surface area (Å²) in [6.45, 7) is 10.1. The van der Waals surface area contributed by atoms with Gasteiger partial charge in [-0.05, 0) is 26.7 Å². The Morgan fingerprint density at radius 3 is 2.40 bits per heavy atom. The van der Waals surface area contributed by atoms with Gasteiger partial charge >= 0.3 is 0 Å². The van der Waals surface area contributed by atoms with Gasteiger partial charge in [0.2, 0.25) is 0 Å². The summed E-state index contributed by atoms with van der Waals surface area (Å²) in [6.07, 6.45) is 4.32. The summed E-state index contributed by atoms with van der Waals surface area (Å²) in [5, 5.41) is 0. The van der Waals surface area contributed by atoms with Crippen LogP contribution in [0.15, 0.2) is 12.7 Å². The molecule has 3 heteroatoms.